The predicted octanol–water partition coefficient (Wildman–Crippen LogP) is 5.63. The normalized spacial score (nSPS) is 17.7. The van der Waals surface area contributed by atoms with E-state index < -0.39 is 17.7 Å². The molecule has 0 bridgehead atoms. The van der Waals surface area contributed by atoms with Crippen molar-refractivity contribution in [2.75, 3.05) is 12.0 Å². The summed E-state index contributed by atoms with van der Waals surface area (Å²) in [6.07, 6.45) is 3.22. The minimum absolute atomic E-state index is 0.0183. The van der Waals surface area contributed by atoms with Gasteiger partial charge in [-0.2, -0.15) is 0 Å². The highest BCUT2D eigenvalue weighted by atomic mass is 16.5. The molecule has 1 unspecified atom stereocenters. The van der Waals surface area contributed by atoms with Gasteiger partial charge in [0, 0.05) is 18.1 Å². The number of Topliss-reactive ketones (excluding diaryl/α,β-unsaturated/α-hetero) is 1. The molecule has 0 aliphatic carbocycles. The van der Waals surface area contributed by atoms with Gasteiger partial charge in [0.05, 0.1) is 24.3 Å². The number of pyridine rings is 1. The molecular weight excluding hydrogens is 440 g/mol. The molecule has 0 radical (unpaired) electrons. The van der Waals surface area contributed by atoms with Crippen molar-refractivity contribution in [2.45, 2.75) is 46.1 Å². The van der Waals surface area contributed by atoms with Crippen molar-refractivity contribution in [1.82, 2.24) is 4.98 Å². The number of aliphatic hydroxyl groups is 1. The van der Waals surface area contributed by atoms with Crippen LogP contribution in [0.3, 0.4) is 0 Å². The lowest BCUT2D eigenvalue weighted by Crippen LogP contribution is -2.29. The molecule has 6 nitrogen and oxygen atoms in total. The highest BCUT2D eigenvalue weighted by Crippen LogP contribution is 2.44. The third kappa shape index (κ3) is 4.44. The first-order valence-electron chi connectivity index (χ1n) is 11.5. The number of benzene rings is 2. The van der Waals surface area contributed by atoms with E-state index in [1.807, 2.05) is 44.2 Å². The summed E-state index contributed by atoms with van der Waals surface area (Å²) in [6, 6.07) is 14.0. The van der Waals surface area contributed by atoms with Gasteiger partial charge in [0.15, 0.2) is 0 Å². The van der Waals surface area contributed by atoms with Gasteiger partial charge in [0.25, 0.3) is 11.7 Å². The number of ether oxygens (including phenoxy) is 1. The molecule has 1 fully saturated rings. The van der Waals surface area contributed by atoms with Crippen molar-refractivity contribution in [1.29, 1.82) is 0 Å². The van der Waals surface area contributed by atoms with Gasteiger partial charge in [-0.1, -0.05) is 32.9 Å². The number of nitrogens with zero attached hydrogens (tertiary/aromatic N) is 2. The molecule has 1 aliphatic heterocycles. The highest BCUT2D eigenvalue weighted by molar-refractivity contribution is 6.51. The van der Waals surface area contributed by atoms with Crippen LogP contribution in [0.5, 0.6) is 5.75 Å². The van der Waals surface area contributed by atoms with E-state index >= 15 is 0 Å². The van der Waals surface area contributed by atoms with Crippen LogP contribution in [0.25, 0.3) is 5.76 Å². The molecule has 1 aliphatic rings. The van der Waals surface area contributed by atoms with E-state index in [0.717, 1.165) is 16.7 Å². The van der Waals surface area contributed by atoms with Gasteiger partial charge in [0.2, 0.25) is 0 Å². The van der Waals surface area contributed by atoms with E-state index in [2.05, 4.69) is 25.8 Å². The Balaban J connectivity index is 2.00. The van der Waals surface area contributed by atoms with Crippen LogP contribution in [0.15, 0.2) is 66.5 Å². The molecule has 180 valence electrons. The first-order valence-corrected chi connectivity index (χ1v) is 11.5. The van der Waals surface area contributed by atoms with Gasteiger partial charge >= 0.3 is 0 Å². The summed E-state index contributed by atoms with van der Waals surface area (Å²) in [5.74, 6) is -1.28. The number of aryl methyl sites for hydroxylation is 2. The van der Waals surface area contributed by atoms with E-state index in [1.165, 1.54) is 12.0 Å². The second-order valence-corrected chi connectivity index (χ2v) is 9.96. The topological polar surface area (TPSA) is 79.7 Å². The van der Waals surface area contributed by atoms with Crippen LogP contribution in [-0.2, 0) is 15.0 Å². The van der Waals surface area contributed by atoms with Gasteiger partial charge in [-0.15, -0.1) is 0 Å². The summed E-state index contributed by atoms with van der Waals surface area (Å²) in [5.41, 5.74) is 4.36. The molecule has 3 aromatic rings. The van der Waals surface area contributed by atoms with Crippen molar-refractivity contribution in [3.63, 3.8) is 0 Å². The van der Waals surface area contributed by atoms with E-state index in [-0.39, 0.29) is 16.7 Å². The van der Waals surface area contributed by atoms with E-state index in [1.54, 1.807) is 30.6 Å². The number of carbonyl (C=O) groups is 2. The number of aromatic nitrogens is 1. The first kappa shape index (κ1) is 24.2. The number of ketones is 1. The largest absolute Gasteiger partial charge is 0.507 e. The van der Waals surface area contributed by atoms with Crippen LogP contribution in [-0.4, -0.2) is 28.9 Å². The van der Waals surface area contributed by atoms with Crippen molar-refractivity contribution in [2.24, 2.45) is 0 Å². The molecule has 1 aromatic heterocycles. The molecule has 2 heterocycles. The monoisotopic (exact) mass is 470 g/mol. The minimum atomic E-state index is -0.817. The Kier molecular flexibility index (Phi) is 6.24. The second kappa shape index (κ2) is 9.02. The molecule has 0 saturated carbocycles. The van der Waals surface area contributed by atoms with Crippen molar-refractivity contribution >= 4 is 23.1 Å². The Morgan fingerprint density at radius 3 is 2.17 bits per heavy atom. The average molecular weight is 471 g/mol. The number of aliphatic hydroxyl groups excluding tert-OH is 1. The number of methoxy groups -OCH3 is 1. The maximum absolute atomic E-state index is 13.5. The molecule has 35 heavy (non-hydrogen) atoms. The lowest BCUT2D eigenvalue weighted by molar-refractivity contribution is -0.132. The zero-order chi connectivity index (χ0) is 25.5. The van der Waals surface area contributed by atoms with Crippen LogP contribution in [0, 0.1) is 13.8 Å². The lowest BCUT2D eigenvalue weighted by Gasteiger charge is -2.26. The quantitative estimate of drug-likeness (QED) is 0.304. The molecule has 1 amide bonds. The summed E-state index contributed by atoms with van der Waals surface area (Å²) in [4.78, 5) is 32.4. The number of carbonyl (C=O) groups excluding carboxylic acids is 2. The Morgan fingerprint density at radius 2 is 1.60 bits per heavy atom. The maximum Gasteiger partial charge on any atom is 0.300 e. The summed E-state index contributed by atoms with van der Waals surface area (Å²) in [6.45, 7) is 10.1. The smallest absolute Gasteiger partial charge is 0.300 e. The SMILES string of the molecule is COc1ccc(C(C)(C)C)cc1/C(O)=C1\C(=O)C(=O)N(c2cc(C)cc(C)c2)C1c1ccncc1. The average Bonchev–Trinajstić information content (AvgIpc) is 3.08. The zero-order valence-corrected chi connectivity index (χ0v) is 20.9. The number of hydrogen-bond acceptors (Lipinski definition) is 5. The van der Waals surface area contributed by atoms with Gasteiger partial charge in [-0.05, 0) is 77.9 Å². The fourth-order valence-electron chi connectivity index (χ4n) is 4.55. The van der Waals surface area contributed by atoms with Crippen molar-refractivity contribution in [3.8, 4) is 5.75 Å². The van der Waals surface area contributed by atoms with Crippen molar-refractivity contribution in [3.05, 3.63) is 94.3 Å². The van der Waals surface area contributed by atoms with Gasteiger partial charge in [0.1, 0.15) is 11.5 Å². The number of rotatable bonds is 4. The molecule has 2 aromatic carbocycles. The van der Waals surface area contributed by atoms with Crippen LogP contribution in [0.2, 0.25) is 0 Å². The molecule has 1 atom stereocenters. The first-order chi connectivity index (χ1) is 16.5. The third-order valence-corrected chi connectivity index (χ3v) is 6.27. The van der Waals surface area contributed by atoms with Crippen LogP contribution in [0.4, 0.5) is 5.69 Å². The van der Waals surface area contributed by atoms with Crippen LogP contribution in [0.1, 0.15) is 54.6 Å². The summed E-state index contributed by atoms with van der Waals surface area (Å²) < 4.78 is 5.53. The zero-order valence-electron chi connectivity index (χ0n) is 20.9. The number of anilines is 1. The number of hydrogen-bond donors (Lipinski definition) is 1. The van der Waals surface area contributed by atoms with Crippen LogP contribution >= 0.6 is 0 Å². The Bertz CT molecular complexity index is 1320. The van der Waals surface area contributed by atoms with Gasteiger partial charge in [-0.3, -0.25) is 19.5 Å². The van der Waals surface area contributed by atoms with E-state index in [0.29, 0.717) is 22.6 Å². The highest BCUT2D eigenvalue weighted by Gasteiger charge is 2.47. The molecule has 6 heteroatoms. The fourth-order valence-corrected chi connectivity index (χ4v) is 4.55. The van der Waals surface area contributed by atoms with Crippen LogP contribution < -0.4 is 9.64 Å². The maximum atomic E-state index is 13.5. The van der Waals surface area contributed by atoms with E-state index in [9.17, 15) is 14.7 Å². The number of amides is 1. The molecule has 0 spiro atoms. The summed E-state index contributed by atoms with van der Waals surface area (Å²) >= 11 is 0. The van der Waals surface area contributed by atoms with Crippen molar-refractivity contribution < 1.29 is 19.4 Å². The summed E-state index contributed by atoms with van der Waals surface area (Å²) in [5, 5.41) is 11.6. The lowest BCUT2D eigenvalue weighted by atomic mass is 9.85. The second-order valence-electron chi connectivity index (χ2n) is 9.96. The Hall–Kier alpha value is -3.93. The predicted molar refractivity (Wildman–Crippen MR) is 137 cm³/mol. The van der Waals surface area contributed by atoms with E-state index in [4.69, 9.17) is 4.74 Å². The van der Waals surface area contributed by atoms with Gasteiger partial charge < -0.3 is 9.84 Å². The molecule has 4 rings (SSSR count). The fraction of sp³-hybridized carbons (Fsp3) is 0.276. The third-order valence-electron chi connectivity index (χ3n) is 6.27. The summed E-state index contributed by atoms with van der Waals surface area (Å²) in [7, 11) is 1.51. The standard InChI is InChI=1S/C29H30N2O4/c1-17-13-18(2)15-21(14-17)31-25(19-9-11-30-12-10-19)24(27(33)28(31)34)26(32)22-16-20(29(3,4)5)7-8-23(22)35-6/h7-16,25,32H,1-6H3/b26-24+. The Labute approximate surface area is 205 Å². The molecule has 1 N–H and O–H groups in total. The van der Waals surface area contributed by atoms with Gasteiger partial charge in [-0.25, -0.2) is 0 Å². The molecular formula is C29H30N2O4. The minimum Gasteiger partial charge on any atom is -0.507 e. The molecule has 1 saturated heterocycles. The Morgan fingerprint density at radius 1 is 0.971 bits per heavy atom.